The number of carbonyl (C=O) groups is 1. The van der Waals surface area contributed by atoms with E-state index in [1.54, 1.807) is 0 Å². The first-order valence-corrected chi connectivity index (χ1v) is 7.00. The zero-order valence-electron chi connectivity index (χ0n) is 12.2. The lowest BCUT2D eigenvalue weighted by molar-refractivity contribution is -0.139. The van der Waals surface area contributed by atoms with Gasteiger partial charge in [0.2, 0.25) is 0 Å². The zero-order chi connectivity index (χ0) is 13.7. The third-order valence-electron chi connectivity index (χ3n) is 4.26. The Morgan fingerprint density at radius 3 is 2.33 bits per heavy atom. The van der Waals surface area contributed by atoms with Crippen molar-refractivity contribution in [3.05, 3.63) is 0 Å². The first-order chi connectivity index (χ1) is 8.40. The van der Waals surface area contributed by atoms with Crippen molar-refractivity contribution in [1.29, 1.82) is 0 Å². The summed E-state index contributed by atoms with van der Waals surface area (Å²) in [5.74, 6) is 0.779. The van der Waals surface area contributed by atoms with Gasteiger partial charge >= 0.3 is 5.97 Å². The van der Waals surface area contributed by atoms with Gasteiger partial charge in [-0.3, -0.25) is 9.69 Å². The molecular weight excluding hydrogens is 228 g/mol. The summed E-state index contributed by atoms with van der Waals surface area (Å²) in [6.07, 6.45) is 3.51. The smallest absolute Gasteiger partial charge is 0.317 e. The molecule has 3 atom stereocenters. The highest BCUT2D eigenvalue weighted by molar-refractivity contribution is 5.69. The second-order valence-electron chi connectivity index (χ2n) is 6.09. The quantitative estimate of drug-likeness (QED) is 0.786. The van der Waals surface area contributed by atoms with E-state index >= 15 is 0 Å². The van der Waals surface area contributed by atoms with E-state index in [9.17, 15) is 4.79 Å². The van der Waals surface area contributed by atoms with E-state index in [2.05, 4.69) is 23.6 Å². The summed E-state index contributed by atoms with van der Waals surface area (Å²) < 4.78 is 0. The Bertz CT molecular complexity index is 269. The van der Waals surface area contributed by atoms with Crippen molar-refractivity contribution in [2.75, 3.05) is 33.7 Å². The van der Waals surface area contributed by atoms with Gasteiger partial charge in [-0.1, -0.05) is 13.8 Å². The van der Waals surface area contributed by atoms with Crippen molar-refractivity contribution in [3.8, 4) is 0 Å². The molecule has 0 aromatic heterocycles. The van der Waals surface area contributed by atoms with Gasteiger partial charge in [0, 0.05) is 19.1 Å². The van der Waals surface area contributed by atoms with Crippen LogP contribution in [0.5, 0.6) is 0 Å². The van der Waals surface area contributed by atoms with Crippen LogP contribution in [0.25, 0.3) is 0 Å². The highest BCUT2D eigenvalue weighted by Gasteiger charge is 2.29. The summed E-state index contributed by atoms with van der Waals surface area (Å²) in [4.78, 5) is 15.3. The average Bonchev–Trinajstić information content (AvgIpc) is 2.27. The number of hydrogen-bond acceptors (Lipinski definition) is 3. The number of rotatable bonds is 6. The van der Waals surface area contributed by atoms with E-state index in [1.807, 2.05) is 14.1 Å². The van der Waals surface area contributed by atoms with Crippen LogP contribution in [0.15, 0.2) is 0 Å². The molecule has 4 heteroatoms. The van der Waals surface area contributed by atoms with Gasteiger partial charge in [-0.15, -0.1) is 0 Å². The van der Waals surface area contributed by atoms with Crippen LogP contribution in [0, 0.1) is 11.8 Å². The normalized spacial score (nSPS) is 28.9. The average molecular weight is 256 g/mol. The van der Waals surface area contributed by atoms with Crippen molar-refractivity contribution in [2.24, 2.45) is 11.8 Å². The monoisotopic (exact) mass is 256 g/mol. The van der Waals surface area contributed by atoms with E-state index in [0.717, 1.165) is 31.8 Å². The summed E-state index contributed by atoms with van der Waals surface area (Å²) in [6, 6.07) is 0.451. The molecule has 1 saturated carbocycles. The van der Waals surface area contributed by atoms with Gasteiger partial charge in [-0.05, 0) is 45.2 Å². The topological polar surface area (TPSA) is 43.8 Å². The summed E-state index contributed by atoms with van der Waals surface area (Å²) in [5.41, 5.74) is 0. The first kappa shape index (κ1) is 15.4. The lowest BCUT2D eigenvalue weighted by Crippen LogP contribution is -2.45. The minimum absolute atomic E-state index is 0.180. The van der Waals surface area contributed by atoms with Crippen LogP contribution < -0.4 is 0 Å². The summed E-state index contributed by atoms with van der Waals surface area (Å²) in [7, 11) is 4.06. The molecular formula is C14H28N2O2. The fourth-order valence-electron chi connectivity index (χ4n) is 2.74. The van der Waals surface area contributed by atoms with Gasteiger partial charge in [0.25, 0.3) is 0 Å². The van der Waals surface area contributed by atoms with E-state index in [0.29, 0.717) is 12.0 Å². The second-order valence-corrected chi connectivity index (χ2v) is 6.09. The minimum atomic E-state index is -0.708. The summed E-state index contributed by atoms with van der Waals surface area (Å²) in [6.45, 7) is 6.56. The molecule has 0 spiro atoms. The molecule has 0 aliphatic heterocycles. The third-order valence-corrected chi connectivity index (χ3v) is 4.26. The van der Waals surface area contributed by atoms with Gasteiger partial charge in [0.15, 0.2) is 0 Å². The molecule has 1 rings (SSSR count). The lowest BCUT2D eigenvalue weighted by atomic mass is 9.78. The van der Waals surface area contributed by atoms with E-state index in [-0.39, 0.29) is 6.54 Å². The molecule has 1 aliphatic carbocycles. The molecule has 1 N–H and O–H groups in total. The maximum absolute atomic E-state index is 11.0. The van der Waals surface area contributed by atoms with E-state index in [4.69, 9.17) is 5.11 Å². The Balaban J connectivity index is 2.55. The molecule has 0 saturated heterocycles. The molecule has 0 bridgehead atoms. The Kier molecular flexibility index (Phi) is 6.09. The van der Waals surface area contributed by atoms with Crippen LogP contribution in [0.2, 0.25) is 0 Å². The highest BCUT2D eigenvalue weighted by Crippen LogP contribution is 2.31. The van der Waals surface area contributed by atoms with E-state index < -0.39 is 5.97 Å². The Hall–Kier alpha value is -0.610. The number of aliphatic carboxylic acids is 1. The number of hydrogen-bond donors (Lipinski definition) is 1. The molecule has 0 aromatic rings. The number of nitrogens with zero attached hydrogens (tertiary/aromatic N) is 2. The molecule has 1 aliphatic rings. The predicted octanol–water partition coefficient (Wildman–Crippen LogP) is 1.76. The van der Waals surface area contributed by atoms with Crippen molar-refractivity contribution in [2.45, 2.75) is 39.2 Å². The van der Waals surface area contributed by atoms with Crippen LogP contribution >= 0.6 is 0 Å². The predicted molar refractivity (Wildman–Crippen MR) is 73.7 cm³/mol. The van der Waals surface area contributed by atoms with Gasteiger partial charge in [-0.2, -0.15) is 0 Å². The molecule has 4 nitrogen and oxygen atoms in total. The first-order valence-electron chi connectivity index (χ1n) is 7.00. The molecule has 1 fully saturated rings. The van der Waals surface area contributed by atoms with Gasteiger partial charge in [-0.25, -0.2) is 0 Å². The molecule has 0 heterocycles. The largest absolute Gasteiger partial charge is 0.480 e. The SMILES string of the molecule is CC1CCC(N(CCN(C)C)CC(=O)O)CC1C. The Morgan fingerprint density at radius 1 is 1.17 bits per heavy atom. The number of likely N-dealkylation sites (N-methyl/N-ethyl adjacent to an activating group) is 1. The maximum Gasteiger partial charge on any atom is 0.317 e. The second kappa shape index (κ2) is 7.10. The highest BCUT2D eigenvalue weighted by atomic mass is 16.4. The van der Waals surface area contributed by atoms with E-state index in [1.165, 1.54) is 6.42 Å². The van der Waals surface area contributed by atoms with Gasteiger partial charge in [0.05, 0.1) is 6.54 Å². The number of carboxylic acids is 1. The Labute approximate surface area is 111 Å². The van der Waals surface area contributed by atoms with Crippen LogP contribution in [0.3, 0.4) is 0 Å². The van der Waals surface area contributed by atoms with Crippen molar-refractivity contribution in [3.63, 3.8) is 0 Å². The van der Waals surface area contributed by atoms with Crippen molar-refractivity contribution < 1.29 is 9.90 Å². The molecule has 0 aromatic carbocycles. The lowest BCUT2D eigenvalue weighted by Gasteiger charge is -2.39. The molecule has 106 valence electrons. The molecule has 0 radical (unpaired) electrons. The van der Waals surface area contributed by atoms with Gasteiger partial charge < -0.3 is 10.0 Å². The van der Waals surface area contributed by atoms with Crippen LogP contribution in [0.4, 0.5) is 0 Å². The zero-order valence-corrected chi connectivity index (χ0v) is 12.2. The minimum Gasteiger partial charge on any atom is -0.480 e. The van der Waals surface area contributed by atoms with Crippen LogP contribution in [-0.4, -0.2) is 60.6 Å². The molecule has 3 unspecified atom stereocenters. The maximum atomic E-state index is 11.0. The standard InChI is InChI=1S/C14H28N2O2/c1-11-5-6-13(9-12(11)2)16(10-14(17)18)8-7-15(3)4/h11-13H,5-10H2,1-4H3,(H,17,18). The van der Waals surface area contributed by atoms with Crippen LogP contribution in [-0.2, 0) is 4.79 Å². The molecule has 0 amide bonds. The summed E-state index contributed by atoms with van der Waals surface area (Å²) in [5, 5.41) is 9.04. The fraction of sp³-hybridized carbons (Fsp3) is 0.929. The number of carboxylic acid groups (broad SMARTS) is 1. The fourth-order valence-corrected chi connectivity index (χ4v) is 2.74. The molecule has 18 heavy (non-hydrogen) atoms. The Morgan fingerprint density at radius 2 is 1.83 bits per heavy atom. The third kappa shape index (κ3) is 4.94. The van der Waals surface area contributed by atoms with Crippen LogP contribution in [0.1, 0.15) is 33.1 Å². The van der Waals surface area contributed by atoms with Crippen molar-refractivity contribution >= 4 is 5.97 Å². The van der Waals surface area contributed by atoms with Gasteiger partial charge in [0.1, 0.15) is 0 Å². The summed E-state index contributed by atoms with van der Waals surface area (Å²) >= 11 is 0. The van der Waals surface area contributed by atoms with Crippen molar-refractivity contribution in [1.82, 2.24) is 9.80 Å².